The van der Waals surface area contributed by atoms with Crippen LogP contribution in [0.3, 0.4) is 0 Å². The molecular weight excluding hydrogens is 588 g/mol. The van der Waals surface area contributed by atoms with Crippen LogP contribution in [-0.2, 0) is 20.0 Å². The lowest BCUT2D eigenvalue weighted by molar-refractivity contribution is 0.584. The van der Waals surface area contributed by atoms with E-state index in [9.17, 15) is 16.8 Å². The Morgan fingerprint density at radius 2 is 1.26 bits per heavy atom. The minimum Gasteiger partial charge on any atom is -0.218 e. The van der Waals surface area contributed by atoms with Crippen molar-refractivity contribution in [1.29, 1.82) is 0 Å². The Bertz CT molecular complexity index is 1410. The molecule has 11 heteroatoms. The number of halogens is 2. The Hall–Kier alpha value is -1.79. The molecule has 160 valence electrons. The third-order valence-electron chi connectivity index (χ3n) is 4.35. The molecule has 0 saturated carbocycles. The second kappa shape index (κ2) is 8.28. The van der Waals surface area contributed by atoms with Gasteiger partial charge in [-0.3, -0.25) is 0 Å². The molecule has 0 amide bonds. The van der Waals surface area contributed by atoms with Crippen LogP contribution in [0.2, 0.25) is 0 Å². The van der Waals surface area contributed by atoms with Crippen molar-refractivity contribution in [2.45, 2.75) is 16.7 Å². The summed E-state index contributed by atoms with van der Waals surface area (Å²) in [4.78, 5) is 4.02. The fraction of sp³-hybridized carbons (Fsp3) is 0.0500. The highest BCUT2D eigenvalue weighted by Gasteiger charge is 2.39. The van der Waals surface area contributed by atoms with Crippen molar-refractivity contribution in [2.75, 3.05) is 3.71 Å². The number of rotatable bonds is 5. The lowest BCUT2D eigenvalue weighted by atomic mass is 10.2. The summed E-state index contributed by atoms with van der Waals surface area (Å²) in [6.45, 7) is 1.90. The van der Waals surface area contributed by atoms with Crippen molar-refractivity contribution in [3.05, 3.63) is 81.2 Å². The maximum atomic E-state index is 13.6. The van der Waals surface area contributed by atoms with Gasteiger partial charge in [0.05, 0.1) is 20.0 Å². The average molecular weight is 602 g/mol. The third kappa shape index (κ3) is 4.29. The predicted molar refractivity (Wildman–Crippen MR) is 129 cm³/mol. The quantitative estimate of drug-likeness (QED) is 0.292. The molecule has 0 saturated heterocycles. The fourth-order valence-electron chi connectivity index (χ4n) is 2.84. The zero-order valence-electron chi connectivity index (χ0n) is 15.9. The Kier molecular flexibility index (Phi) is 5.99. The monoisotopic (exact) mass is 600 g/mol. The number of aryl methyl sites for hydroxylation is 1. The molecule has 3 aromatic carbocycles. The van der Waals surface area contributed by atoms with Crippen molar-refractivity contribution >= 4 is 78.6 Å². The lowest BCUT2D eigenvalue weighted by Gasteiger charge is -2.21. The highest BCUT2D eigenvalue weighted by molar-refractivity contribution is 9.10. The van der Waals surface area contributed by atoms with Gasteiger partial charge in [-0.05, 0) is 73.2 Å². The number of nitrogens with zero attached hydrogens (tertiary/aromatic N) is 2. The smallest absolute Gasteiger partial charge is 0.218 e. The summed E-state index contributed by atoms with van der Waals surface area (Å²) < 4.78 is 56.7. The topological polar surface area (TPSA) is 84.4 Å². The van der Waals surface area contributed by atoms with E-state index in [1.54, 1.807) is 30.3 Å². The number of anilines is 1. The molecule has 0 radical (unpaired) electrons. The van der Waals surface area contributed by atoms with E-state index in [1.807, 2.05) is 19.1 Å². The molecule has 0 aliphatic carbocycles. The second-order valence-electron chi connectivity index (χ2n) is 6.58. The number of hydrogen-bond acceptors (Lipinski definition) is 6. The minimum atomic E-state index is -4.48. The van der Waals surface area contributed by atoms with Gasteiger partial charge in [0.2, 0.25) is 5.13 Å². The first kappa shape index (κ1) is 22.4. The molecule has 0 bridgehead atoms. The van der Waals surface area contributed by atoms with Crippen molar-refractivity contribution in [3.63, 3.8) is 0 Å². The van der Waals surface area contributed by atoms with Gasteiger partial charge in [-0.25, -0.2) is 4.98 Å². The SMILES string of the molecule is Cc1ccc2nc(N(S(=O)(=O)c3ccc(Br)cc3)S(=O)(=O)c3ccc(Br)cc3)sc2c1. The summed E-state index contributed by atoms with van der Waals surface area (Å²) in [5, 5.41) is -0.147. The van der Waals surface area contributed by atoms with Gasteiger partial charge in [0, 0.05) is 8.95 Å². The maximum absolute atomic E-state index is 13.6. The third-order valence-corrected chi connectivity index (χ3v) is 10.8. The van der Waals surface area contributed by atoms with Gasteiger partial charge in [0.1, 0.15) is 0 Å². The highest BCUT2D eigenvalue weighted by atomic mass is 79.9. The van der Waals surface area contributed by atoms with Crippen LogP contribution in [0.5, 0.6) is 0 Å². The fourth-order valence-corrected chi connectivity index (χ4v) is 8.44. The van der Waals surface area contributed by atoms with Crippen LogP contribution >= 0.6 is 43.2 Å². The van der Waals surface area contributed by atoms with E-state index in [2.05, 4.69) is 36.8 Å². The summed E-state index contributed by atoms with van der Waals surface area (Å²) in [5.41, 5.74) is 1.48. The van der Waals surface area contributed by atoms with Crippen LogP contribution in [0, 0.1) is 6.92 Å². The second-order valence-corrected chi connectivity index (χ2v) is 13.2. The molecule has 0 aliphatic rings. The molecule has 4 rings (SSSR count). The molecule has 0 aliphatic heterocycles. The number of benzene rings is 3. The highest BCUT2D eigenvalue weighted by Crippen LogP contribution is 2.37. The van der Waals surface area contributed by atoms with Gasteiger partial charge in [0.25, 0.3) is 20.0 Å². The van der Waals surface area contributed by atoms with Crippen LogP contribution < -0.4 is 3.71 Å². The average Bonchev–Trinajstić information content (AvgIpc) is 3.10. The largest absolute Gasteiger partial charge is 0.279 e. The molecule has 0 N–H and O–H groups in total. The van der Waals surface area contributed by atoms with Gasteiger partial charge in [-0.1, -0.05) is 49.3 Å². The number of fused-ring (bicyclic) bond motifs is 1. The van der Waals surface area contributed by atoms with E-state index >= 15 is 0 Å². The van der Waals surface area contributed by atoms with E-state index < -0.39 is 20.0 Å². The van der Waals surface area contributed by atoms with Gasteiger partial charge in [-0.15, -0.1) is 3.71 Å². The predicted octanol–water partition coefficient (Wildman–Crippen LogP) is 5.71. The molecule has 0 atom stereocenters. The van der Waals surface area contributed by atoms with Crippen LogP contribution in [-0.4, -0.2) is 21.8 Å². The summed E-state index contributed by atoms with van der Waals surface area (Å²) >= 11 is 7.54. The first-order chi connectivity index (χ1) is 14.6. The summed E-state index contributed by atoms with van der Waals surface area (Å²) in [6.07, 6.45) is 0. The number of aromatic nitrogens is 1. The number of hydrogen-bond donors (Lipinski definition) is 0. The van der Waals surface area contributed by atoms with Crippen LogP contribution in [0.15, 0.2) is 85.5 Å². The summed E-state index contributed by atoms with van der Waals surface area (Å²) in [7, 11) is -8.97. The maximum Gasteiger partial charge on any atom is 0.279 e. The van der Waals surface area contributed by atoms with Gasteiger partial charge in [0.15, 0.2) is 0 Å². The standard InChI is InChI=1S/C20H14Br2N2O4S3/c1-13-2-11-18-19(12-13)29-20(23-18)24(30(25,26)16-7-3-14(21)4-8-16)31(27,28)17-9-5-15(22)6-10-17/h2-12H,1H3. The molecule has 0 fully saturated rings. The first-order valence-corrected chi connectivity index (χ1v) is 14.1. The Morgan fingerprint density at radius 1 is 0.774 bits per heavy atom. The van der Waals surface area contributed by atoms with Crippen LogP contribution in [0.4, 0.5) is 5.13 Å². The van der Waals surface area contributed by atoms with Gasteiger partial charge < -0.3 is 0 Å². The van der Waals surface area contributed by atoms with E-state index in [1.165, 1.54) is 24.3 Å². The minimum absolute atomic E-state index is 0.147. The molecule has 0 unspecified atom stereocenters. The molecule has 31 heavy (non-hydrogen) atoms. The Balaban J connectivity index is 1.97. The lowest BCUT2D eigenvalue weighted by Crippen LogP contribution is -2.37. The molecule has 0 spiro atoms. The van der Waals surface area contributed by atoms with E-state index in [0.717, 1.165) is 16.9 Å². The van der Waals surface area contributed by atoms with Crippen LogP contribution in [0.1, 0.15) is 5.56 Å². The van der Waals surface area contributed by atoms with Crippen molar-refractivity contribution in [1.82, 2.24) is 4.98 Å². The van der Waals surface area contributed by atoms with Crippen molar-refractivity contribution < 1.29 is 16.8 Å². The Morgan fingerprint density at radius 3 is 1.74 bits per heavy atom. The molecule has 1 aromatic heterocycles. The van der Waals surface area contributed by atoms with Gasteiger partial charge in [-0.2, -0.15) is 16.8 Å². The summed E-state index contributed by atoms with van der Waals surface area (Å²) in [5.74, 6) is 0. The zero-order valence-corrected chi connectivity index (χ0v) is 21.5. The van der Waals surface area contributed by atoms with Gasteiger partial charge >= 0.3 is 0 Å². The normalized spacial score (nSPS) is 12.2. The zero-order chi connectivity index (χ0) is 22.4. The molecule has 1 heterocycles. The van der Waals surface area contributed by atoms with E-state index in [0.29, 0.717) is 22.9 Å². The Labute approximate surface area is 200 Å². The van der Waals surface area contributed by atoms with E-state index in [-0.39, 0.29) is 14.9 Å². The first-order valence-electron chi connectivity index (χ1n) is 8.78. The van der Waals surface area contributed by atoms with Crippen LogP contribution in [0.25, 0.3) is 10.2 Å². The van der Waals surface area contributed by atoms with Crippen molar-refractivity contribution in [2.24, 2.45) is 0 Å². The number of sulfonamides is 2. The molecular formula is C20H14Br2N2O4S3. The summed E-state index contributed by atoms with van der Waals surface area (Å²) in [6, 6.07) is 17.0. The molecule has 4 aromatic rings. The van der Waals surface area contributed by atoms with E-state index in [4.69, 9.17) is 0 Å². The molecule has 6 nitrogen and oxygen atoms in total. The number of thiazole rings is 1. The van der Waals surface area contributed by atoms with Crippen molar-refractivity contribution in [3.8, 4) is 0 Å².